The number of hydrogen-bond donors (Lipinski definition) is 1. The normalized spacial score (nSPS) is 18.1. The second-order valence-electron chi connectivity index (χ2n) is 4.87. The van der Waals surface area contributed by atoms with Gasteiger partial charge >= 0.3 is 0 Å². The molecule has 0 radical (unpaired) electrons. The van der Waals surface area contributed by atoms with Crippen molar-refractivity contribution in [1.29, 1.82) is 0 Å². The summed E-state index contributed by atoms with van der Waals surface area (Å²) in [5.74, 6) is 0. The van der Waals surface area contributed by atoms with E-state index in [1.807, 2.05) is 6.92 Å². The van der Waals surface area contributed by atoms with E-state index >= 15 is 0 Å². The van der Waals surface area contributed by atoms with Crippen molar-refractivity contribution < 1.29 is 13.5 Å². The number of hydrogen-bond acceptors (Lipinski definition) is 4. The minimum absolute atomic E-state index is 0.121. The second kappa shape index (κ2) is 6.35. The van der Waals surface area contributed by atoms with Crippen molar-refractivity contribution in [3.05, 3.63) is 16.3 Å². The molecular weight excluding hydrogens is 282 g/mol. The first kappa shape index (κ1) is 15.0. The van der Waals surface area contributed by atoms with E-state index in [1.165, 1.54) is 17.8 Å². The minimum atomic E-state index is -3.47. The van der Waals surface area contributed by atoms with E-state index < -0.39 is 10.0 Å². The molecule has 19 heavy (non-hydrogen) atoms. The molecule has 1 saturated carbocycles. The molecule has 0 saturated heterocycles. The Kier molecular flexibility index (Phi) is 5.00. The van der Waals surface area contributed by atoms with Gasteiger partial charge in [0.25, 0.3) is 0 Å². The average Bonchev–Trinajstić information content (AvgIpc) is 2.89. The van der Waals surface area contributed by atoms with Gasteiger partial charge in [-0.05, 0) is 24.3 Å². The van der Waals surface area contributed by atoms with Crippen LogP contribution in [0.25, 0.3) is 0 Å². The zero-order chi connectivity index (χ0) is 13.9. The molecule has 1 N–H and O–H groups in total. The van der Waals surface area contributed by atoms with Crippen molar-refractivity contribution in [3.8, 4) is 0 Å². The predicted octanol–water partition coefficient (Wildman–Crippen LogP) is 2.58. The summed E-state index contributed by atoms with van der Waals surface area (Å²) in [5.41, 5.74) is 0. The summed E-state index contributed by atoms with van der Waals surface area (Å²) in [6.07, 6.45) is 5.31. The van der Waals surface area contributed by atoms with Crippen LogP contribution in [0.3, 0.4) is 0 Å². The van der Waals surface area contributed by atoms with E-state index in [2.05, 4.69) is 0 Å². The lowest BCUT2D eigenvalue weighted by atomic mass is 9.95. The first-order valence-corrected chi connectivity index (χ1v) is 9.12. The van der Waals surface area contributed by atoms with Crippen LogP contribution < -0.4 is 0 Å². The molecule has 2 rings (SSSR count). The van der Waals surface area contributed by atoms with Crippen LogP contribution in [-0.2, 0) is 16.6 Å². The highest BCUT2D eigenvalue weighted by Gasteiger charge is 2.32. The van der Waals surface area contributed by atoms with Gasteiger partial charge in [0.1, 0.15) is 0 Å². The Morgan fingerprint density at radius 1 is 1.37 bits per heavy atom. The van der Waals surface area contributed by atoms with E-state index in [9.17, 15) is 13.5 Å². The van der Waals surface area contributed by atoms with Gasteiger partial charge in [0.15, 0.2) is 0 Å². The topological polar surface area (TPSA) is 57.6 Å². The molecule has 1 aliphatic rings. The van der Waals surface area contributed by atoms with Gasteiger partial charge in [-0.3, -0.25) is 0 Å². The molecule has 0 spiro atoms. The predicted molar refractivity (Wildman–Crippen MR) is 76.7 cm³/mol. The molecule has 108 valence electrons. The smallest absolute Gasteiger partial charge is 0.244 e. The van der Waals surface area contributed by atoms with Gasteiger partial charge in [0.05, 0.1) is 11.5 Å². The molecule has 0 amide bonds. The zero-order valence-electron chi connectivity index (χ0n) is 11.2. The lowest BCUT2D eigenvalue weighted by Crippen LogP contribution is -2.41. The number of rotatable bonds is 5. The number of nitrogens with zero attached hydrogens (tertiary/aromatic N) is 1. The van der Waals surface area contributed by atoms with E-state index in [0.29, 0.717) is 11.4 Å². The standard InChI is InChI=1S/C13H21NO3S2/c1-2-14(11-6-4-3-5-7-11)19(16,17)13-8-9-18-12(13)10-15/h8-9,11,15H,2-7,10H2,1H3. The molecule has 0 atom stereocenters. The molecule has 0 unspecified atom stereocenters. The van der Waals surface area contributed by atoms with E-state index in [0.717, 1.165) is 25.7 Å². The van der Waals surface area contributed by atoms with Crippen LogP contribution in [0.1, 0.15) is 43.9 Å². The third-order valence-corrected chi connectivity index (χ3v) is 6.88. The molecule has 6 heteroatoms. The molecule has 1 heterocycles. The van der Waals surface area contributed by atoms with Gasteiger partial charge < -0.3 is 5.11 Å². The van der Waals surface area contributed by atoms with Crippen LogP contribution in [0.15, 0.2) is 16.3 Å². The summed E-state index contributed by atoms with van der Waals surface area (Å²) in [4.78, 5) is 0.821. The van der Waals surface area contributed by atoms with Gasteiger partial charge in [0, 0.05) is 17.5 Å². The summed E-state index contributed by atoms with van der Waals surface area (Å²) < 4.78 is 27.1. The summed E-state index contributed by atoms with van der Waals surface area (Å²) >= 11 is 1.30. The molecular formula is C13H21NO3S2. The molecule has 0 bridgehead atoms. The van der Waals surface area contributed by atoms with Crippen LogP contribution in [0, 0.1) is 0 Å². The average molecular weight is 303 g/mol. The maximum absolute atomic E-state index is 12.7. The van der Waals surface area contributed by atoms with Crippen molar-refractivity contribution in [2.75, 3.05) is 6.54 Å². The highest BCUT2D eigenvalue weighted by Crippen LogP contribution is 2.30. The fourth-order valence-corrected chi connectivity index (χ4v) is 5.76. The molecule has 1 fully saturated rings. The summed E-state index contributed by atoms with van der Waals surface area (Å²) in [6, 6.07) is 1.73. The second-order valence-corrected chi connectivity index (χ2v) is 7.73. The third kappa shape index (κ3) is 3.02. The first-order valence-electron chi connectivity index (χ1n) is 6.80. The molecule has 1 aromatic heterocycles. The summed E-state index contributed by atoms with van der Waals surface area (Å²) in [6.45, 7) is 2.17. The van der Waals surface area contributed by atoms with E-state index in [-0.39, 0.29) is 17.5 Å². The van der Waals surface area contributed by atoms with E-state index in [1.54, 1.807) is 15.8 Å². The molecule has 0 aliphatic heterocycles. The third-order valence-electron chi connectivity index (χ3n) is 3.73. The van der Waals surface area contributed by atoms with Gasteiger partial charge in [-0.1, -0.05) is 26.2 Å². The maximum Gasteiger partial charge on any atom is 0.244 e. The van der Waals surface area contributed by atoms with Gasteiger partial charge in [0.2, 0.25) is 10.0 Å². The fourth-order valence-electron chi connectivity index (χ4n) is 2.79. The van der Waals surface area contributed by atoms with Gasteiger partial charge in [-0.15, -0.1) is 11.3 Å². The molecule has 1 aromatic rings. The Morgan fingerprint density at radius 2 is 2.05 bits per heavy atom. The van der Waals surface area contributed by atoms with Crippen molar-refractivity contribution >= 4 is 21.4 Å². The first-order chi connectivity index (χ1) is 9.11. The highest BCUT2D eigenvalue weighted by atomic mass is 32.2. The number of sulfonamides is 1. The SMILES string of the molecule is CCN(C1CCCCC1)S(=O)(=O)c1ccsc1CO. The Morgan fingerprint density at radius 3 is 2.63 bits per heavy atom. The van der Waals surface area contributed by atoms with Crippen molar-refractivity contribution in [2.24, 2.45) is 0 Å². The highest BCUT2D eigenvalue weighted by molar-refractivity contribution is 7.89. The number of aliphatic hydroxyl groups excluding tert-OH is 1. The Labute approximate surface area is 119 Å². The maximum atomic E-state index is 12.7. The summed E-state index contributed by atoms with van der Waals surface area (Å²) in [5, 5.41) is 11.0. The van der Waals surface area contributed by atoms with Crippen molar-refractivity contribution in [3.63, 3.8) is 0 Å². The quantitative estimate of drug-likeness (QED) is 0.909. The van der Waals surface area contributed by atoms with Gasteiger partial charge in [-0.25, -0.2) is 8.42 Å². The van der Waals surface area contributed by atoms with Gasteiger partial charge in [-0.2, -0.15) is 4.31 Å². The monoisotopic (exact) mass is 303 g/mol. The van der Waals surface area contributed by atoms with Crippen LogP contribution in [0.4, 0.5) is 0 Å². The lowest BCUT2D eigenvalue weighted by Gasteiger charge is -2.32. The lowest BCUT2D eigenvalue weighted by molar-refractivity contribution is 0.259. The zero-order valence-corrected chi connectivity index (χ0v) is 12.8. The Hall–Kier alpha value is -0.430. The Bertz CT molecular complexity index is 504. The number of aliphatic hydroxyl groups is 1. The number of thiophene rings is 1. The van der Waals surface area contributed by atoms with E-state index in [4.69, 9.17) is 0 Å². The molecule has 0 aromatic carbocycles. The van der Waals surface area contributed by atoms with Crippen LogP contribution >= 0.6 is 11.3 Å². The van der Waals surface area contributed by atoms with Crippen LogP contribution in [0.5, 0.6) is 0 Å². The summed E-state index contributed by atoms with van der Waals surface area (Å²) in [7, 11) is -3.47. The Balaban J connectivity index is 2.30. The molecule has 4 nitrogen and oxygen atoms in total. The largest absolute Gasteiger partial charge is 0.391 e. The minimum Gasteiger partial charge on any atom is -0.391 e. The molecule has 1 aliphatic carbocycles. The van der Waals surface area contributed by atoms with Crippen LogP contribution in [0.2, 0.25) is 0 Å². The fraction of sp³-hybridized carbons (Fsp3) is 0.692. The van der Waals surface area contributed by atoms with Crippen molar-refractivity contribution in [2.45, 2.75) is 56.6 Å². The van der Waals surface area contributed by atoms with Crippen molar-refractivity contribution in [1.82, 2.24) is 4.31 Å². The van der Waals surface area contributed by atoms with Crippen LogP contribution in [-0.4, -0.2) is 30.4 Å².